The lowest BCUT2D eigenvalue weighted by Crippen LogP contribution is -2.33. The second-order valence-electron chi connectivity index (χ2n) is 7.81. The zero-order chi connectivity index (χ0) is 20.3. The number of nitrogens with one attached hydrogen (secondary N) is 1. The van der Waals surface area contributed by atoms with Crippen LogP contribution in [0.3, 0.4) is 0 Å². The van der Waals surface area contributed by atoms with Crippen LogP contribution in [0.4, 0.5) is 0 Å². The molecule has 30 heavy (non-hydrogen) atoms. The van der Waals surface area contributed by atoms with Gasteiger partial charge in [0, 0.05) is 36.3 Å². The van der Waals surface area contributed by atoms with Crippen molar-refractivity contribution in [2.75, 3.05) is 26.2 Å². The Hall–Kier alpha value is -2.77. The van der Waals surface area contributed by atoms with Crippen molar-refractivity contribution in [3.05, 3.63) is 54.5 Å². The van der Waals surface area contributed by atoms with Gasteiger partial charge in [-0.05, 0) is 69.2 Å². The van der Waals surface area contributed by atoms with Crippen molar-refractivity contribution in [3.63, 3.8) is 0 Å². The van der Waals surface area contributed by atoms with Gasteiger partial charge in [0.1, 0.15) is 0 Å². The van der Waals surface area contributed by atoms with Gasteiger partial charge >= 0.3 is 0 Å². The number of aromatic nitrogens is 3. The van der Waals surface area contributed by atoms with Crippen molar-refractivity contribution in [1.82, 2.24) is 24.6 Å². The molecule has 1 N–H and O–H groups in total. The molecule has 154 valence electrons. The number of carbonyl (C=O) groups is 1. The summed E-state index contributed by atoms with van der Waals surface area (Å²) >= 11 is 1.61. The number of benzene rings is 1. The molecule has 1 aromatic carbocycles. The minimum Gasteiger partial charge on any atom is -0.352 e. The third kappa shape index (κ3) is 3.95. The number of hydrogen-bond acceptors (Lipinski definition) is 5. The number of carbonyl (C=O) groups excluding carboxylic acids is 1. The number of rotatable bonds is 6. The number of thiazole rings is 1. The Morgan fingerprint density at radius 1 is 1.10 bits per heavy atom. The Bertz CT molecular complexity index is 1160. The van der Waals surface area contributed by atoms with Crippen molar-refractivity contribution in [2.45, 2.75) is 25.7 Å². The average molecular weight is 420 g/mol. The maximum atomic E-state index is 12.6. The van der Waals surface area contributed by atoms with E-state index in [2.05, 4.69) is 19.6 Å². The summed E-state index contributed by atoms with van der Waals surface area (Å²) in [5.41, 5.74) is 3.76. The van der Waals surface area contributed by atoms with E-state index < -0.39 is 0 Å². The van der Waals surface area contributed by atoms with Crippen LogP contribution < -0.4 is 5.32 Å². The first kappa shape index (κ1) is 19.2. The molecule has 6 nitrogen and oxygen atoms in total. The minimum absolute atomic E-state index is 0.000871. The number of piperidine rings is 1. The van der Waals surface area contributed by atoms with Gasteiger partial charge in [-0.1, -0.05) is 17.8 Å². The van der Waals surface area contributed by atoms with E-state index in [-0.39, 0.29) is 5.91 Å². The first-order valence-electron chi connectivity index (χ1n) is 10.6. The van der Waals surface area contributed by atoms with E-state index in [4.69, 9.17) is 4.98 Å². The summed E-state index contributed by atoms with van der Waals surface area (Å²) in [7, 11) is 0. The quantitative estimate of drug-likeness (QED) is 0.476. The Labute approximate surface area is 179 Å². The predicted molar refractivity (Wildman–Crippen MR) is 121 cm³/mol. The van der Waals surface area contributed by atoms with E-state index in [1.807, 2.05) is 36.5 Å². The summed E-state index contributed by atoms with van der Waals surface area (Å²) in [6, 6.07) is 9.81. The molecule has 1 aliphatic rings. The Balaban J connectivity index is 1.26. The lowest BCUT2D eigenvalue weighted by atomic mass is 10.1. The molecule has 0 aliphatic carbocycles. The van der Waals surface area contributed by atoms with E-state index in [1.54, 1.807) is 23.7 Å². The largest absolute Gasteiger partial charge is 0.352 e. The van der Waals surface area contributed by atoms with Crippen LogP contribution in [0.5, 0.6) is 0 Å². The highest BCUT2D eigenvalue weighted by molar-refractivity contribution is 7.23. The maximum Gasteiger partial charge on any atom is 0.251 e. The summed E-state index contributed by atoms with van der Waals surface area (Å²) in [5, 5.41) is 3.07. The van der Waals surface area contributed by atoms with E-state index in [9.17, 15) is 4.79 Å². The van der Waals surface area contributed by atoms with Crippen molar-refractivity contribution < 1.29 is 4.79 Å². The SMILES string of the molecule is O=C(NCCCN1CCCCC1)c1ccc2c(c1)sc1nc(-c3ccncc3)cn12. The minimum atomic E-state index is -0.000871. The van der Waals surface area contributed by atoms with Gasteiger partial charge in [0.25, 0.3) is 5.91 Å². The predicted octanol–water partition coefficient (Wildman–Crippen LogP) is 4.22. The zero-order valence-electron chi connectivity index (χ0n) is 16.9. The van der Waals surface area contributed by atoms with Gasteiger partial charge < -0.3 is 10.2 Å². The fourth-order valence-electron chi connectivity index (χ4n) is 4.09. The maximum absolute atomic E-state index is 12.6. The van der Waals surface area contributed by atoms with E-state index in [0.717, 1.165) is 45.9 Å². The van der Waals surface area contributed by atoms with Crippen LogP contribution >= 0.6 is 11.3 Å². The number of amides is 1. The van der Waals surface area contributed by atoms with Crippen molar-refractivity contribution >= 4 is 32.4 Å². The number of nitrogens with zero attached hydrogens (tertiary/aromatic N) is 4. The highest BCUT2D eigenvalue weighted by Crippen LogP contribution is 2.30. The topological polar surface area (TPSA) is 62.5 Å². The Kier molecular flexibility index (Phi) is 5.46. The van der Waals surface area contributed by atoms with Crippen LogP contribution in [0.1, 0.15) is 36.0 Å². The van der Waals surface area contributed by atoms with Crippen LogP contribution in [-0.4, -0.2) is 51.4 Å². The molecule has 7 heteroatoms. The first-order chi connectivity index (χ1) is 14.8. The van der Waals surface area contributed by atoms with Gasteiger partial charge in [0.05, 0.1) is 15.9 Å². The molecule has 1 aliphatic heterocycles. The number of hydrogen-bond donors (Lipinski definition) is 1. The van der Waals surface area contributed by atoms with Crippen LogP contribution in [0.15, 0.2) is 48.9 Å². The molecule has 1 saturated heterocycles. The highest BCUT2D eigenvalue weighted by Gasteiger charge is 2.13. The molecule has 0 saturated carbocycles. The van der Waals surface area contributed by atoms with Crippen molar-refractivity contribution in [1.29, 1.82) is 0 Å². The smallest absolute Gasteiger partial charge is 0.251 e. The van der Waals surface area contributed by atoms with Crippen molar-refractivity contribution in [3.8, 4) is 11.3 Å². The highest BCUT2D eigenvalue weighted by atomic mass is 32.1. The third-order valence-electron chi connectivity index (χ3n) is 5.72. The molecule has 1 fully saturated rings. The first-order valence-corrected chi connectivity index (χ1v) is 11.4. The van der Waals surface area contributed by atoms with Gasteiger partial charge in [-0.2, -0.15) is 0 Å². The van der Waals surface area contributed by atoms with Gasteiger partial charge in [-0.25, -0.2) is 4.98 Å². The lowest BCUT2D eigenvalue weighted by Gasteiger charge is -2.26. The summed E-state index contributed by atoms with van der Waals surface area (Å²) < 4.78 is 3.16. The summed E-state index contributed by atoms with van der Waals surface area (Å²) in [5.74, 6) is -0.000871. The van der Waals surface area contributed by atoms with E-state index in [0.29, 0.717) is 5.56 Å². The number of imidazole rings is 1. The molecule has 0 atom stereocenters. The van der Waals surface area contributed by atoms with Crippen LogP contribution in [0.2, 0.25) is 0 Å². The van der Waals surface area contributed by atoms with Crippen molar-refractivity contribution in [2.24, 2.45) is 0 Å². The number of likely N-dealkylation sites (tertiary alicyclic amines) is 1. The summed E-state index contributed by atoms with van der Waals surface area (Å²) in [6.45, 7) is 4.19. The molecule has 0 bridgehead atoms. The Morgan fingerprint density at radius 2 is 1.93 bits per heavy atom. The number of fused-ring (bicyclic) bond motifs is 3. The molecule has 0 spiro atoms. The summed E-state index contributed by atoms with van der Waals surface area (Å²) in [4.78, 5) is 24.8. The molecule has 0 radical (unpaired) electrons. The molecule has 5 rings (SSSR count). The fourth-order valence-corrected chi connectivity index (χ4v) is 5.14. The molecule has 4 aromatic rings. The molecular formula is C23H25N5OS. The number of pyridine rings is 1. The van der Waals surface area contributed by atoms with Crippen LogP contribution in [-0.2, 0) is 0 Å². The second-order valence-corrected chi connectivity index (χ2v) is 8.82. The third-order valence-corrected chi connectivity index (χ3v) is 6.74. The molecule has 4 heterocycles. The zero-order valence-corrected chi connectivity index (χ0v) is 17.7. The average Bonchev–Trinajstić information content (AvgIpc) is 3.35. The van der Waals surface area contributed by atoms with Crippen LogP contribution in [0.25, 0.3) is 26.4 Å². The van der Waals surface area contributed by atoms with Gasteiger partial charge in [0.15, 0.2) is 4.96 Å². The van der Waals surface area contributed by atoms with E-state index >= 15 is 0 Å². The van der Waals surface area contributed by atoms with Gasteiger partial charge in [0.2, 0.25) is 0 Å². The molecular weight excluding hydrogens is 394 g/mol. The standard InChI is InChI=1S/C23H25N5OS/c29-22(25-9-4-14-27-12-2-1-3-13-27)18-5-6-20-21(15-18)30-23-26-19(16-28(20)23)17-7-10-24-11-8-17/h5-8,10-11,15-16H,1-4,9,12-14H2,(H,25,29). The molecule has 0 unspecified atom stereocenters. The monoisotopic (exact) mass is 419 g/mol. The fraction of sp³-hybridized carbons (Fsp3) is 0.348. The summed E-state index contributed by atoms with van der Waals surface area (Å²) in [6.07, 6.45) is 10.6. The molecule has 3 aromatic heterocycles. The normalized spacial score (nSPS) is 15.1. The van der Waals surface area contributed by atoms with Gasteiger partial charge in [-0.15, -0.1) is 0 Å². The second kappa shape index (κ2) is 8.53. The van der Waals surface area contributed by atoms with E-state index in [1.165, 1.54) is 32.4 Å². The Morgan fingerprint density at radius 3 is 2.77 bits per heavy atom. The van der Waals surface area contributed by atoms with Gasteiger partial charge in [-0.3, -0.25) is 14.2 Å². The van der Waals surface area contributed by atoms with Crippen LogP contribution in [0, 0.1) is 0 Å². The molecule has 1 amide bonds. The lowest BCUT2D eigenvalue weighted by molar-refractivity contribution is 0.0951.